The lowest BCUT2D eigenvalue weighted by molar-refractivity contribution is -0.124. The van der Waals surface area contributed by atoms with Crippen LogP contribution < -0.4 is 5.32 Å². The minimum Gasteiger partial charge on any atom is -0.451 e. The Kier molecular flexibility index (Phi) is 2.74. The zero-order chi connectivity index (χ0) is 13.4. The number of carbonyl (C=O) groups excluding carboxylic acids is 1. The van der Waals surface area contributed by atoms with E-state index in [9.17, 15) is 4.79 Å². The quantitative estimate of drug-likeness (QED) is 0.861. The number of benzene rings is 1. The fourth-order valence-electron chi connectivity index (χ4n) is 2.45. The summed E-state index contributed by atoms with van der Waals surface area (Å²) in [5.41, 5.74) is 2.14. The fraction of sp³-hybridized carbons (Fsp3) is 0.286. The van der Waals surface area contributed by atoms with E-state index in [2.05, 4.69) is 15.3 Å². The summed E-state index contributed by atoms with van der Waals surface area (Å²) in [6.45, 7) is 1.98. The smallest absolute Gasteiger partial charge is 0.292 e. The average molecular weight is 257 g/mol. The van der Waals surface area contributed by atoms with Gasteiger partial charge >= 0.3 is 0 Å². The number of aromatic nitrogens is 1. The topological polar surface area (TPSA) is 66.5 Å². The molecular formula is C14H15N3O2. The zero-order valence-electron chi connectivity index (χ0n) is 10.8. The highest BCUT2D eigenvalue weighted by atomic mass is 16.5. The van der Waals surface area contributed by atoms with E-state index < -0.39 is 6.10 Å². The second-order valence-electron chi connectivity index (χ2n) is 4.63. The van der Waals surface area contributed by atoms with Crippen LogP contribution in [0.25, 0.3) is 10.9 Å². The van der Waals surface area contributed by atoms with Crippen LogP contribution >= 0.6 is 0 Å². The molecule has 2 atom stereocenters. The summed E-state index contributed by atoms with van der Waals surface area (Å²) in [4.78, 5) is 19.0. The van der Waals surface area contributed by atoms with Crippen molar-refractivity contribution in [2.75, 3.05) is 7.05 Å². The Labute approximate surface area is 110 Å². The Morgan fingerprint density at radius 3 is 2.89 bits per heavy atom. The molecule has 1 saturated heterocycles. The number of nitrogens with zero attached hydrogens (tertiary/aromatic N) is 1. The molecule has 2 heterocycles. The summed E-state index contributed by atoms with van der Waals surface area (Å²) >= 11 is 0. The second-order valence-corrected chi connectivity index (χ2v) is 4.63. The van der Waals surface area contributed by atoms with E-state index in [0.29, 0.717) is 6.02 Å². The van der Waals surface area contributed by atoms with Gasteiger partial charge in [0.05, 0.1) is 0 Å². The number of amidine groups is 1. The lowest BCUT2D eigenvalue weighted by Gasteiger charge is -2.15. The minimum absolute atomic E-state index is 0.0459. The normalized spacial score (nSPS) is 22.5. The molecule has 1 aliphatic heterocycles. The van der Waals surface area contributed by atoms with Crippen molar-refractivity contribution in [3.05, 3.63) is 36.0 Å². The van der Waals surface area contributed by atoms with E-state index in [1.165, 1.54) is 0 Å². The number of ether oxygens (including phenoxy) is 1. The van der Waals surface area contributed by atoms with Gasteiger partial charge in [-0.3, -0.25) is 10.1 Å². The molecule has 0 spiro atoms. The number of carbonyl (C=O) groups is 1. The molecule has 3 rings (SSSR count). The fourth-order valence-corrected chi connectivity index (χ4v) is 2.45. The van der Waals surface area contributed by atoms with Gasteiger partial charge in [-0.2, -0.15) is 0 Å². The van der Waals surface area contributed by atoms with Gasteiger partial charge in [-0.15, -0.1) is 0 Å². The zero-order valence-corrected chi connectivity index (χ0v) is 10.8. The van der Waals surface area contributed by atoms with Gasteiger partial charge in [-0.1, -0.05) is 25.1 Å². The standard InChI is InChI=1S/C14H15N3O2/c1-8(12-13(18)17-14(15-2)19-12)10-7-16-11-6-4-3-5-9(10)11/h3-8,12,16H,1-2H3,(H,15,17,18)/t8-,12+/m0/s1. The van der Waals surface area contributed by atoms with Crippen molar-refractivity contribution in [1.82, 2.24) is 10.3 Å². The molecule has 0 saturated carbocycles. The molecule has 0 aliphatic carbocycles. The molecule has 2 aromatic rings. The number of fused-ring (bicyclic) bond motifs is 1. The van der Waals surface area contributed by atoms with Gasteiger partial charge in [-0.25, -0.2) is 4.99 Å². The van der Waals surface area contributed by atoms with Crippen LogP contribution in [-0.2, 0) is 9.53 Å². The largest absolute Gasteiger partial charge is 0.451 e. The Morgan fingerprint density at radius 1 is 1.37 bits per heavy atom. The van der Waals surface area contributed by atoms with E-state index in [4.69, 9.17) is 4.74 Å². The summed E-state index contributed by atoms with van der Waals surface area (Å²) in [7, 11) is 1.59. The molecule has 1 amide bonds. The van der Waals surface area contributed by atoms with Crippen LogP contribution in [0.1, 0.15) is 18.4 Å². The van der Waals surface area contributed by atoms with Crippen molar-refractivity contribution in [3.8, 4) is 0 Å². The van der Waals surface area contributed by atoms with Gasteiger partial charge < -0.3 is 9.72 Å². The number of nitrogens with one attached hydrogen (secondary N) is 2. The molecule has 1 aromatic carbocycles. The highest BCUT2D eigenvalue weighted by molar-refractivity contribution is 6.02. The maximum Gasteiger partial charge on any atom is 0.292 e. The van der Waals surface area contributed by atoms with E-state index in [1.807, 2.05) is 37.4 Å². The lowest BCUT2D eigenvalue weighted by atomic mass is 9.94. The SMILES string of the molecule is CN=C1NC(=O)[C@@H]([C@@H](C)c2c[nH]c3ccccc23)O1. The van der Waals surface area contributed by atoms with Crippen molar-refractivity contribution in [1.29, 1.82) is 0 Å². The number of amides is 1. The predicted octanol–water partition coefficient (Wildman–Crippen LogP) is 1.77. The predicted molar refractivity (Wildman–Crippen MR) is 73.1 cm³/mol. The number of aliphatic imine (C=N–C) groups is 1. The van der Waals surface area contributed by atoms with E-state index >= 15 is 0 Å². The second kappa shape index (κ2) is 4.42. The summed E-state index contributed by atoms with van der Waals surface area (Å²) in [5.74, 6) is -0.186. The van der Waals surface area contributed by atoms with Crippen LogP contribution in [0.5, 0.6) is 0 Å². The van der Waals surface area contributed by atoms with Crippen LogP contribution in [0, 0.1) is 0 Å². The lowest BCUT2D eigenvalue weighted by Crippen LogP contribution is -2.28. The molecule has 5 nitrogen and oxygen atoms in total. The van der Waals surface area contributed by atoms with Gasteiger partial charge in [0.2, 0.25) is 0 Å². The van der Waals surface area contributed by atoms with Crippen molar-refractivity contribution in [3.63, 3.8) is 0 Å². The van der Waals surface area contributed by atoms with Crippen LogP contribution in [0.3, 0.4) is 0 Å². The first-order valence-electron chi connectivity index (χ1n) is 6.21. The van der Waals surface area contributed by atoms with E-state index in [0.717, 1.165) is 16.5 Å². The molecule has 5 heteroatoms. The van der Waals surface area contributed by atoms with Gasteiger partial charge in [0, 0.05) is 30.1 Å². The van der Waals surface area contributed by atoms with Crippen molar-refractivity contribution < 1.29 is 9.53 Å². The van der Waals surface area contributed by atoms with Crippen LogP contribution in [0.15, 0.2) is 35.5 Å². The van der Waals surface area contributed by atoms with Crippen molar-refractivity contribution in [2.24, 2.45) is 4.99 Å². The monoisotopic (exact) mass is 257 g/mol. The van der Waals surface area contributed by atoms with Crippen LogP contribution in [0.2, 0.25) is 0 Å². The maximum atomic E-state index is 11.9. The summed E-state index contributed by atoms with van der Waals surface area (Å²) in [5, 5.41) is 3.74. The highest BCUT2D eigenvalue weighted by Crippen LogP contribution is 2.30. The van der Waals surface area contributed by atoms with Crippen molar-refractivity contribution in [2.45, 2.75) is 18.9 Å². The molecule has 0 radical (unpaired) electrons. The molecule has 19 heavy (non-hydrogen) atoms. The Bertz CT molecular complexity index is 660. The Balaban J connectivity index is 1.96. The summed E-state index contributed by atoms with van der Waals surface area (Å²) in [6, 6.07) is 8.32. The first-order valence-corrected chi connectivity index (χ1v) is 6.21. The third-order valence-corrected chi connectivity index (χ3v) is 3.50. The van der Waals surface area contributed by atoms with Gasteiger partial charge in [0.1, 0.15) is 0 Å². The molecule has 98 valence electrons. The van der Waals surface area contributed by atoms with Gasteiger partial charge in [0.25, 0.3) is 11.9 Å². The molecular weight excluding hydrogens is 242 g/mol. The first kappa shape index (κ1) is 11.8. The number of hydrogen-bond acceptors (Lipinski definition) is 3. The average Bonchev–Trinajstić information content (AvgIpc) is 3.01. The highest BCUT2D eigenvalue weighted by Gasteiger charge is 2.36. The summed E-state index contributed by atoms with van der Waals surface area (Å²) < 4.78 is 5.53. The van der Waals surface area contributed by atoms with Crippen LogP contribution in [-0.4, -0.2) is 30.1 Å². The Morgan fingerprint density at radius 2 is 2.16 bits per heavy atom. The maximum absolute atomic E-state index is 11.9. The third-order valence-electron chi connectivity index (χ3n) is 3.50. The van der Waals surface area contributed by atoms with Gasteiger partial charge in [-0.05, 0) is 11.6 Å². The van der Waals surface area contributed by atoms with Crippen molar-refractivity contribution >= 4 is 22.8 Å². The number of para-hydroxylation sites is 1. The minimum atomic E-state index is -0.530. The molecule has 0 unspecified atom stereocenters. The van der Waals surface area contributed by atoms with Gasteiger partial charge in [0.15, 0.2) is 6.10 Å². The number of hydrogen-bond donors (Lipinski definition) is 2. The first-order chi connectivity index (χ1) is 9.20. The van der Waals surface area contributed by atoms with Crippen LogP contribution in [0.4, 0.5) is 0 Å². The number of aromatic amines is 1. The number of rotatable bonds is 2. The Hall–Kier alpha value is -2.30. The molecule has 2 N–H and O–H groups in total. The molecule has 1 fully saturated rings. The van der Waals surface area contributed by atoms with E-state index in [1.54, 1.807) is 7.05 Å². The van der Waals surface area contributed by atoms with E-state index in [-0.39, 0.29) is 11.8 Å². The molecule has 0 bridgehead atoms. The molecule has 1 aromatic heterocycles. The number of H-pyrrole nitrogens is 1. The summed E-state index contributed by atoms with van der Waals surface area (Å²) in [6.07, 6.45) is 1.41. The third kappa shape index (κ3) is 1.87. The molecule has 1 aliphatic rings.